The molecule has 0 aliphatic heterocycles. The maximum absolute atomic E-state index is 6.08. The van der Waals surface area contributed by atoms with Gasteiger partial charge in [-0.3, -0.25) is 0 Å². The Morgan fingerprint density at radius 1 is 1.40 bits per heavy atom. The van der Waals surface area contributed by atoms with Gasteiger partial charge < -0.3 is 9.73 Å². The van der Waals surface area contributed by atoms with Gasteiger partial charge in [-0.1, -0.05) is 25.1 Å². The average Bonchev–Trinajstić information content (AvgIpc) is 3.09. The molecule has 0 saturated heterocycles. The first-order valence-corrected chi connectivity index (χ1v) is 7.84. The van der Waals surface area contributed by atoms with E-state index in [4.69, 9.17) is 4.42 Å². The molecule has 3 aromatic rings. The molecule has 2 aromatic heterocycles. The molecular formula is C16H18N2OS. The van der Waals surface area contributed by atoms with Gasteiger partial charge in [-0.25, -0.2) is 4.98 Å². The molecule has 0 saturated carbocycles. The lowest BCUT2D eigenvalue weighted by molar-refractivity contribution is 0.464. The Balaban J connectivity index is 2.02. The zero-order valence-electron chi connectivity index (χ0n) is 11.7. The summed E-state index contributed by atoms with van der Waals surface area (Å²) in [7, 11) is 0. The lowest BCUT2D eigenvalue weighted by Crippen LogP contribution is -2.23. The normalized spacial score (nSPS) is 12.9. The number of nitrogens with one attached hydrogen (secondary N) is 1. The summed E-state index contributed by atoms with van der Waals surface area (Å²) in [6, 6.07) is 8.39. The van der Waals surface area contributed by atoms with Gasteiger partial charge in [-0.2, -0.15) is 0 Å². The Morgan fingerprint density at radius 2 is 2.30 bits per heavy atom. The molecule has 1 unspecified atom stereocenters. The van der Waals surface area contributed by atoms with Crippen LogP contribution in [0.1, 0.15) is 36.4 Å². The second-order valence-electron chi connectivity index (χ2n) is 4.94. The first kappa shape index (κ1) is 13.3. The van der Waals surface area contributed by atoms with Crippen molar-refractivity contribution >= 4 is 22.3 Å². The van der Waals surface area contributed by atoms with Gasteiger partial charge in [0.1, 0.15) is 17.4 Å². The van der Waals surface area contributed by atoms with Gasteiger partial charge in [0.15, 0.2) is 0 Å². The van der Waals surface area contributed by atoms with Gasteiger partial charge in [-0.05, 0) is 31.5 Å². The summed E-state index contributed by atoms with van der Waals surface area (Å²) >= 11 is 1.61. The number of hydrogen-bond acceptors (Lipinski definition) is 4. The van der Waals surface area contributed by atoms with E-state index in [2.05, 4.69) is 53.8 Å². The third-order valence-corrected chi connectivity index (χ3v) is 3.99. The number of hydrogen-bond donors (Lipinski definition) is 1. The summed E-state index contributed by atoms with van der Waals surface area (Å²) in [6.45, 7) is 5.18. The number of aryl methyl sites for hydroxylation is 1. The minimum atomic E-state index is 0.0352. The largest absolute Gasteiger partial charge is 0.459 e. The van der Waals surface area contributed by atoms with Crippen LogP contribution in [-0.2, 0) is 0 Å². The fourth-order valence-corrected chi connectivity index (χ4v) is 2.95. The maximum atomic E-state index is 6.08. The number of fused-ring (bicyclic) bond motifs is 1. The molecule has 0 aliphatic rings. The third-order valence-electron chi connectivity index (χ3n) is 3.39. The monoisotopic (exact) mass is 286 g/mol. The van der Waals surface area contributed by atoms with E-state index in [1.165, 1.54) is 5.56 Å². The van der Waals surface area contributed by atoms with Crippen LogP contribution < -0.4 is 5.32 Å². The molecule has 1 N–H and O–H groups in total. The number of aromatic nitrogens is 1. The second-order valence-corrected chi connectivity index (χ2v) is 5.66. The molecule has 3 rings (SSSR count). The molecule has 2 heterocycles. The van der Waals surface area contributed by atoms with Crippen molar-refractivity contribution in [3.05, 3.63) is 52.2 Å². The minimum absolute atomic E-state index is 0.0352. The van der Waals surface area contributed by atoms with E-state index < -0.39 is 0 Å². The Bertz CT molecular complexity index is 688. The highest BCUT2D eigenvalue weighted by atomic mass is 32.1. The van der Waals surface area contributed by atoms with Gasteiger partial charge in [0.2, 0.25) is 0 Å². The van der Waals surface area contributed by atoms with E-state index in [9.17, 15) is 0 Å². The number of thiazole rings is 1. The Hall–Kier alpha value is -1.65. The maximum Gasteiger partial charge on any atom is 0.137 e. The topological polar surface area (TPSA) is 38.1 Å². The molecule has 3 nitrogen and oxygen atoms in total. The van der Waals surface area contributed by atoms with Gasteiger partial charge in [0.05, 0.1) is 11.2 Å². The van der Waals surface area contributed by atoms with E-state index in [1.807, 2.05) is 5.51 Å². The molecule has 0 spiro atoms. The molecule has 1 atom stereocenters. The van der Waals surface area contributed by atoms with Crippen molar-refractivity contribution in [3.63, 3.8) is 0 Å². The lowest BCUT2D eigenvalue weighted by atomic mass is 10.1. The number of benzene rings is 1. The van der Waals surface area contributed by atoms with Crippen molar-refractivity contribution in [2.45, 2.75) is 26.3 Å². The number of furan rings is 1. The van der Waals surface area contributed by atoms with Crippen molar-refractivity contribution in [3.8, 4) is 0 Å². The van der Waals surface area contributed by atoms with Crippen molar-refractivity contribution in [2.75, 3.05) is 6.54 Å². The number of para-hydroxylation sites is 1. The summed E-state index contributed by atoms with van der Waals surface area (Å²) in [5.74, 6) is 0.939. The fraction of sp³-hybridized carbons (Fsp3) is 0.312. The molecule has 0 amide bonds. The zero-order chi connectivity index (χ0) is 13.9. The molecule has 0 radical (unpaired) electrons. The van der Waals surface area contributed by atoms with Crippen LogP contribution in [0.2, 0.25) is 0 Å². The fourth-order valence-electron chi connectivity index (χ4n) is 2.38. The molecule has 20 heavy (non-hydrogen) atoms. The van der Waals surface area contributed by atoms with Crippen LogP contribution in [0.3, 0.4) is 0 Å². The van der Waals surface area contributed by atoms with Crippen LogP contribution in [-0.4, -0.2) is 11.5 Å². The zero-order valence-corrected chi connectivity index (χ0v) is 12.5. The summed E-state index contributed by atoms with van der Waals surface area (Å²) in [4.78, 5) is 4.43. The summed E-state index contributed by atoms with van der Waals surface area (Å²) < 4.78 is 6.08. The SMILES string of the molecule is CCCNC(c1cscn1)c1cc2cccc(C)c2o1. The van der Waals surface area contributed by atoms with Gasteiger partial charge >= 0.3 is 0 Å². The van der Waals surface area contributed by atoms with Crippen LogP contribution in [0.15, 0.2) is 39.6 Å². The first-order chi connectivity index (χ1) is 9.79. The predicted molar refractivity (Wildman–Crippen MR) is 83.2 cm³/mol. The lowest BCUT2D eigenvalue weighted by Gasteiger charge is -2.13. The van der Waals surface area contributed by atoms with Crippen LogP contribution in [0.25, 0.3) is 11.0 Å². The van der Waals surface area contributed by atoms with E-state index in [0.29, 0.717) is 0 Å². The Morgan fingerprint density at radius 3 is 3.00 bits per heavy atom. The van der Waals surface area contributed by atoms with Crippen molar-refractivity contribution in [2.24, 2.45) is 0 Å². The molecular weight excluding hydrogens is 268 g/mol. The first-order valence-electron chi connectivity index (χ1n) is 6.90. The van der Waals surface area contributed by atoms with E-state index in [1.54, 1.807) is 11.3 Å². The van der Waals surface area contributed by atoms with Gasteiger partial charge in [0.25, 0.3) is 0 Å². The highest BCUT2D eigenvalue weighted by molar-refractivity contribution is 7.07. The van der Waals surface area contributed by atoms with Crippen molar-refractivity contribution in [1.82, 2.24) is 10.3 Å². The van der Waals surface area contributed by atoms with E-state index in [-0.39, 0.29) is 6.04 Å². The molecule has 0 fully saturated rings. The standard InChI is InChI=1S/C16H18N2OS/c1-3-7-17-15(13-9-20-10-18-13)14-8-12-6-4-5-11(2)16(12)19-14/h4-6,8-10,15,17H,3,7H2,1-2H3. The van der Waals surface area contributed by atoms with Crippen molar-refractivity contribution < 1.29 is 4.42 Å². The van der Waals surface area contributed by atoms with Crippen molar-refractivity contribution in [1.29, 1.82) is 0 Å². The molecule has 4 heteroatoms. The highest BCUT2D eigenvalue weighted by Crippen LogP contribution is 2.29. The highest BCUT2D eigenvalue weighted by Gasteiger charge is 2.20. The number of nitrogens with zero attached hydrogens (tertiary/aromatic N) is 1. The van der Waals surface area contributed by atoms with E-state index >= 15 is 0 Å². The van der Waals surface area contributed by atoms with Gasteiger partial charge in [0, 0.05) is 10.8 Å². The minimum Gasteiger partial charge on any atom is -0.459 e. The van der Waals surface area contributed by atoms with Gasteiger partial charge in [-0.15, -0.1) is 11.3 Å². The molecule has 0 bridgehead atoms. The van der Waals surface area contributed by atoms with Crippen LogP contribution in [0.5, 0.6) is 0 Å². The molecule has 0 aliphatic carbocycles. The molecule has 1 aromatic carbocycles. The average molecular weight is 286 g/mol. The second kappa shape index (κ2) is 5.77. The smallest absolute Gasteiger partial charge is 0.137 e. The quantitative estimate of drug-likeness (QED) is 0.760. The van der Waals surface area contributed by atoms with Crippen LogP contribution in [0, 0.1) is 6.92 Å². The summed E-state index contributed by atoms with van der Waals surface area (Å²) in [6.07, 6.45) is 1.08. The predicted octanol–water partition coefficient (Wildman–Crippen LogP) is 4.29. The summed E-state index contributed by atoms with van der Waals surface area (Å²) in [5, 5.41) is 6.75. The number of rotatable bonds is 5. The Labute approximate surface area is 122 Å². The van der Waals surface area contributed by atoms with Crippen LogP contribution >= 0.6 is 11.3 Å². The third kappa shape index (κ3) is 2.49. The Kier molecular flexibility index (Phi) is 3.85. The summed E-state index contributed by atoms with van der Waals surface area (Å²) in [5.41, 5.74) is 5.03. The van der Waals surface area contributed by atoms with E-state index in [0.717, 1.165) is 35.4 Å². The molecule has 104 valence electrons. The van der Waals surface area contributed by atoms with Crippen LogP contribution in [0.4, 0.5) is 0 Å².